The summed E-state index contributed by atoms with van der Waals surface area (Å²) >= 11 is 0. The molecule has 1 atom stereocenters. The first kappa shape index (κ1) is 12.4. The predicted octanol–water partition coefficient (Wildman–Crippen LogP) is 2.81. The lowest BCUT2D eigenvalue weighted by Gasteiger charge is -2.29. The predicted molar refractivity (Wildman–Crippen MR) is 74.4 cm³/mol. The lowest BCUT2D eigenvalue weighted by Crippen LogP contribution is -2.41. The van der Waals surface area contributed by atoms with E-state index in [9.17, 15) is 0 Å². The molecule has 2 nitrogen and oxygen atoms in total. The molecule has 2 rings (SSSR count). The van der Waals surface area contributed by atoms with Crippen molar-refractivity contribution in [3.05, 3.63) is 29.8 Å². The highest BCUT2D eigenvalue weighted by Gasteiger charge is 2.18. The van der Waals surface area contributed by atoms with Gasteiger partial charge in [-0.3, -0.25) is 0 Å². The van der Waals surface area contributed by atoms with Gasteiger partial charge in [-0.15, -0.1) is 0 Å². The van der Waals surface area contributed by atoms with E-state index < -0.39 is 0 Å². The van der Waals surface area contributed by atoms with Gasteiger partial charge >= 0.3 is 0 Å². The molecule has 0 unspecified atom stereocenters. The van der Waals surface area contributed by atoms with Gasteiger partial charge in [0.15, 0.2) is 0 Å². The summed E-state index contributed by atoms with van der Waals surface area (Å²) in [5.41, 5.74) is 9.10. The third kappa shape index (κ3) is 3.01. The molecule has 0 spiro atoms. The highest BCUT2D eigenvalue weighted by atomic mass is 15.1. The van der Waals surface area contributed by atoms with Gasteiger partial charge in [-0.25, -0.2) is 0 Å². The monoisotopic (exact) mass is 232 g/mol. The summed E-state index contributed by atoms with van der Waals surface area (Å²) < 4.78 is 0. The van der Waals surface area contributed by atoms with E-state index in [0.29, 0.717) is 5.92 Å². The molecule has 2 heteroatoms. The maximum absolute atomic E-state index is 6.21. The number of anilines is 1. The van der Waals surface area contributed by atoms with Crippen LogP contribution in [0.15, 0.2) is 24.3 Å². The van der Waals surface area contributed by atoms with Crippen molar-refractivity contribution in [2.75, 3.05) is 18.0 Å². The maximum atomic E-state index is 6.21. The molecule has 17 heavy (non-hydrogen) atoms. The summed E-state index contributed by atoms with van der Waals surface area (Å²) in [7, 11) is 0. The number of hydrogen-bond acceptors (Lipinski definition) is 2. The molecular formula is C15H24N2. The third-order valence-electron chi connectivity index (χ3n) is 3.74. The molecule has 0 bridgehead atoms. The Morgan fingerprint density at radius 1 is 1.24 bits per heavy atom. The van der Waals surface area contributed by atoms with E-state index in [0.717, 1.165) is 13.1 Å². The van der Waals surface area contributed by atoms with Crippen molar-refractivity contribution in [2.24, 2.45) is 11.7 Å². The standard InChI is InChI=1S/C15H24N2/c1-12(2)14(16)11-17-10-6-5-8-13-7-3-4-9-15(13)17/h3-4,7,9,12,14H,5-6,8,10-11,16H2,1-2H3/t14-/m1/s1. The Balaban J connectivity index is 2.17. The fraction of sp³-hybridized carbons (Fsp3) is 0.600. The molecule has 2 N–H and O–H groups in total. The van der Waals surface area contributed by atoms with E-state index in [1.54, 1.807) is 0 Å². The number of hydrogen-bond donors (Lipinski definition) is 1. The normalized spacial score (nSPS) is 17.8. The van der Waals surface area contributed by atoms with Crippen molar-refractivity contribution in [3.8, 4) is 0 Å². The van der Waals surface area contributed by atoms with E-state index in [2.05, 4.69) is 43.0 Å². The quantitative estimate of drug-likeness (QED) is 0.868. The van der Waals surface area contributed by atoms with Crippen LogP contribution in [0.4, 0.5) is 5.69 Å². The van der Waals surface area contributed by atoms with E-state index in [1.807, 2.05) is 0 Å². The van der Waals surface area contributed by atoms with Gasteiger partial charge in [0.05, 0.1) is 0 Å². The molecule has 0 fully saturated rings. The van der Waals surface area contributed by atoms with Crippen molar-refractivity contribution in [3.63, 3.8) is 0 Å². The minimum absolute atomic E-state index is 0.265. The zero-order chi connectivity index (χ0) is 12.3. The first-order valence-electron chi connectivity index (χ1n) is 6.77. The van der Waals surface area contributed by atoms with Crippen LogP contribution < -0.4 is 10.6 Å². The number of aryl methyl sites for hydroxylation is 1. The van der Waals surface area contributed by atoms with Gasteiger partial charge < -0.3 is 10.6 Å². The van der Waals surface area contributed by atoms with Gasteiger partial charge in [0.2, 0.25) is 0 Å². The second-order valence-corrected chi connectivity index (χ2v) is 5.44. The van der Waals surface area contributed by atoms with Crippen LogP contribution in [0.2, 0.25) is 0 Å². The molecule has 1 aromatic carbocycles. The largest absolute Gasteiger partial charge is 0.370 e. The smallest absolute Gasteiger partial charge is 0.0399 e. The molecule has 0 aliphatic carbocycles. The van der Waals surface area contributed by atoms with Gasteiger partial charge in [0, 0.05) is 24.8 Å². The average molecular weight is 232 g/mol. The topological polar surface area (TPSA) is 29.3 Å². The van der Waals surface area contributed by atoms with Crippen molar-refractivity contribution < 1.29 is 0 Å². The highest BCUT2D eigenvalue weighted by molar-refractivity contribution is 5.54. The first-order valence-corrected chi connectivity index (χ1v) is 6.77. The molecule has 1 heterocycles. The Morgan fingerprint density at radius 3 is 2.76 bits per heavy atom. The summed E-state index contributed by atoms with van der Waals surface area (Å²) in [5.74, 6) is 0.547. The van der Waals surface area contributed by atoms with Crippen LogP contribution in [0.3, 0.4) is 0 Å². The van der Waals surface area contributed by atoms with Crippen molar-refractivity contribution in [1.82, 2.24) is 0 Å². The Morgan fingerprint density at radius 2 is 2.00 bits per heavy atom. The van der Waals surface area contributed by atoms with Crippen molar-refractivity contribution in [1.29, 1.82) is 0 Å². The Kier molecular flexibility index (Phi) is 4.06. The maximum Gasteiger partial charge on any atom is 0.0399 e. The SMILES string of the molecule is CC(C)[C@H](N)CN1CCCCc2ccccc21. The summed E-state index contributed by atoms with van der Waals surface area (Å²) in [5, 5.41) is 0. The molecule has 1 aliphatic heterocycles. The second kappa shape index (κ2) is 5.54. The highest BCUT2D eigenvalue weighted by Crippen LogP contribution is 2.26. The van der Waals surface area contributed by atoms with Gasteiger partial charge in [-0.05, 0) is 36.8 Å². The van der Waals surface area contributed by atoms with E-state index in [1.165, 1.54) is 30.5 Å². The van der Waals surface area contributed by atoms with Crippen LogP contribution in [0, 0.1) is 5.92 Å². The zero-order valence-electron chi connectivity index (χ0n) is 11.0. The minimum atomic E-state index is 0.265. The van der Waals surface area contributed by atoms with Crippen LogP contribution in [0.25, 0.3) is 0 Å². The molecule has 94 valence electrons. The average Bonchev–Trinajstić information content (AvgIpc) is 2.52. The number of nitrogens with two attached hydrogens (primary N) is 1. The summed E-state index contributed by atoms with van der Waals surface area (Å²) in [6.07, 6.45) is 3.79. The zero-order valence-corrected chi connectivity index (χ0v) is 11.0. The van der Waals surface area contributed by atoms with Crippen LogP contribution >= 0.6 is 0 Å². The number of para-hydroxylation sites is 1. The van der Waals surface area contributed by atoms with Gasteiger partial charge in [-0.1, -0.05) is 32.0 Å². The summed E-state index contributed by atoms with van der Waals surface area (Å²) in [4.78, 5) is 2.48. The number of fused-ring (bicyclic) bond motifs is 1. The lowest BCUT2D eigenvalue weighted by molar-refractivity contribution is 0.483. The minimum Gasteiger partial charge on any atom is -0.370 e. The third-order valence-corrected chi connectivity index (χ3v) is 3.74. The van der Waals surface area contributed by atoms with Gasteiger partial charge in [-0.2, -0.15) is 0 Å². The summed E-state index contributed by atoms with van der Waals surface area (Å²) in [6.45, 7) is 6.54. The molecular weight excluding hydrogens is 208 g/mol. The van der Waals surface area contributed by atoms with Gasteiger partial charge in [0.1, 0.15) is 0 Å². The Labute approximate surface area is 105 Å². The van der Waals surface area contributed by atoms with Crippen LogP contribution in [0.5, 0.6) is 0 Å². The molecule has 0 saturated carbocycles. The molecule has 0 amide bonds. The van der Waals surface area contributed by atoms with E-state index in [-0.39, 0.29) is 6.04 Å². The Bertz CT molecular complexity index is 360. The molecule has 1 aromatic rings. The van der Waals surface area contributed by atoms with E-state index in [4.69, 9.17) is 5.73 Å². The molecule has 1 aliphatic rings. The van der Waals surface area contributed by atoms with E-state index >= 15 is 0 Å². The first-order chi connectivity index (χ1) is 8.18. The lowest BCUT2D eigenvalue weighted by atomic mass is 10.0. The molecule has 0 saturated heterocycles. The van der Waals surface area contributed by atoms with Gasteiger partial charge in [0.25, 0.3) is 0 Å². The molecule has 0 radical (unpaired) electrons. The Hall–Kier alpha value is -1.02. The molecule has 0 aromatic heterocycles. The van der Waals surface area contributed by atoms with Crippen molar-refractivity contribution in [2.45, 2.75) is 39.2 Å². The van der Waals surface area contributed by atoms with Crippen LogP contribution in [-0.4, -0.2) is 19.1 Å². The number of benzene rings is 1. The van der Waals surface area contributed by atoms with Crippen LogP contribution in [-0.2, 0) is 6.42 Å². The fourth-order valence-corrected chi connectivity index (χ4v) is 2.42. The summed E-state index contributed by atoms with van der Waals surface area (Å²) in [6, 6.07) is 9.05. The van der Waals surface area contributed by atoms with Crippen LogP contribution in [0.1, 0.15) is 32.3 Å². The number of nitrogens with zero attached hydrogens (tertiary/aromatic N) is 1. The van der Waals surface area contributed by atoms with Crippen molar-refractivity contribution >= 4 is 5.69 Å². The second-order valence-electron chi connectivity index (χ2n) is 5.44. The fourth-order valence-electron chi connectivity index (χ4n) is 2.42. The number of rotatable bonds is 3.